The van der Waals surface area contributed by atoms with Crippen molar-refractivity contribution in [2.24, 2.45) is 0 Å². The van der Waals surface area contributed by atoms with Crippen molar-refractivity contribution in [1.29, 1.82) is 0 Å². The SMILES string of the molecule is c1ccc(-c2cccc(-c3ccccc3)c2Oc2ccnc(-n3c4ccccc4c4ccc(Oc5cccc(N6CN(c7c(-c8ccccc8)cccc7-c7ccccc7)c7ccccc76)c5)cc43)c2)cc1. The van der Waals surface area contributed by atoms with Crippen LogP contribution in [-0.2, 0) is 0 Å². The standard InChI is InChI=1S/C66H46N4O2/c1-5-20-46(21-6-1)54-31-18-32-55(47-22-7-2-8-23-47)65(54)69-45-68(61-36-15-16-37-62(61)69)50-28-17-29-51(42-50)71-52-38-39-59-58-30-13-14-35-60(58)70(63(59)43-52)64-44-53(40-41-67-64)72-66-56(48-24-9-3-10-25-48)33-19-34-57(66)49-26-11-4-12-27-49/h1-44H,45H2. The van der Waals surface area contributed by atoms with Crippen LogP contribution in [-0.4, -0.2) is 16.2 Å². The van der Waals surface area contributed by atoms with E-state index < -0.39 is 0 Å². The number of rotatable bonds is 11. The van der Waals surface area contributed by atoms with Crippen LogP contribution in [0, 0.1) is 0 Å². The van der Waals surface area contributed by atoms with E-state index in [9.17, 15) is 0 Å². The van der Waals surface area contributed by atoms with Crippen molar-refractivity contribution in [3.8, 4) is 73.3 Å². The lowest BCUT2D eigenvalue weighted by atomic mass is 9.95. The molecule has 0 bridgehead atoms. The molecule has 0 N–H and O–H groups in total. The molecule has 0 atom stereocenters. The van der Waals surface area contributed by atoms with Crippen LogP contribution in [0.4, 0.5) is 22.7 Å². The number of pyridine rings is 1. The number of hydrogen-bond acceptors (Lipinski definition) is 5. The molecule has 0 radical (unpaired) electrons. The lowest BCUT2D eigenvalue weighted by Gasteiger charge is -2.27. The Kier molecular flexibility index (Phi) is 10.8. The molecule has 6 heteroatoms. The summed E-state index contributed by atoms with van der Waals surface area (Å²) in [6, 6.07) is 91.0. The third kappa shape index (κ3) is 7.78. The summed E-state index contributed by atoms with van der Waals surface area (Å²) in [6.45, 7) is 0.611. The summed E-state index contributed by atoms with van der Waals surface area (Å²) >= 11 is 0. The number of hydrogen-bond donors (Lipinski definition) is 0. The van der Waals surface area contributed by atoms with Crippen molar-refractivity contribution in [2.75, 3.05) is 16.5 Å². The van der Waals surface area contributed by atoms with Gasteiger partial charge in [0.1, 0.15) is 35.5 Å². The quantitative estimate of drug-likeness (QED) is 0.129. The zero-order valence-electron chi connectivity index (χ0n) is 39.2. The largest absolute Gasteiger partial charge is 0.457 e. The van der Waals surface area contributed by atoms with Crippen molar-refractivity contribution in [3.05, 3.63) is 267 Å². The summed E-state index contributed by atoms with van der Waals surface area (Å²) in [6.07, 6.45) is 1.82. The average molecular weight is 927 g/mol. The van der Waals surface area contributed by atoms with Crippen LogP contribution in [0.15, 0.2) is 267 Å². The highest BCUT2D eigenvalue weighted by molar-refractivity contribution is 6.09. The fraction of sp³-hybridized carbons (Fsp3) is 0.0152. The number of para-hydroxylation sites is 5. The number of aromatic nitrogens is 2. The van der Waals surface area contributed by atoms with Gasteiger partial charge in [-0.2, -0.15) is 0 Å². The molecule has 0 unspecified atom stereocenters. The molecule has 2 aromatic heterocycles. The van der Waals surface area contributed by atoms with Gasteiger partial charge in [0.05, 0.1) is 28.1 Å². The van der Waals surface area contributed by atoms with Crippen LogP contribution in [0.3, 0.4) is 0 Å². The van der Waals surface area contributed by atoms with E-state index in [1.165, 1.54) is 27.9 Å². The first-order valence-corrected chi connectivity index (χ1v) is 24.3. The second-order valence-corrected chi connectivity index (χ2v) is 17.9. The molecule has 0 aliphatic carbocycles. The molecule has 1 aliphatic heterocycles. The summed E-state index contributed by atoms with van der Waals surface area (Å²) in [5.74, 6) is 3.65. The highest BCUT2D eigenvalue weighted by Crippen LogP contribution is 2.50. The van der Waals surface area contributed by atoms with E-state index in [1.807, 2.05) is 36.5 Å². The van der Waals surface area contributed by atoms with E-state index >= 15 is 0 Å². The van der Waals surface area contributed by atoms with Crippen LogP contribution in [0.2, 0.25) is 0 Å². The van der Waals surface area contributed by atoms with E-state index in [0.29, 0.717) is 18.2 Å². The Labute approximate surface area is 418 Å². The number of ether oxygens (including phenoxy) is 2. The molecule has 13 rings (SSSR count). The Morgan fingerprint density at radius 3 is 1.49 bits per heavy atom. The number of nitrogens with zero attached hydrogens (tertiary/aromatic N) is 4. The van der Waals surface area contributed by atoms with Gasteiger partial charge in [-0.25, -0.2) is 4.98 Å². The van der Waals surface area contributed by atoms with E-state index in [1.54, 1.807) is 0 Å². The lowest BCUT2D eigenvalue weighted by molar-refractivity contribution is 0.483. The van der Waals surface area contributed by atoms with E-state index in [4.69, 9.17) is 14.5 Å². The Morgan fingerprint density at radius 2 is 0.847 bits per heavy atom. The second-order valence-electron chi connectivity index (χ2n) is 17.9. The summed E-state index contributed by atoms with van der Waals surface area (Å²) in [7, 11) is 0. The maximum absolute atomic E-state index is 6.99. The minimum absolute atomic E-state index is 0.611. The fourth-order valence-electron chi connectivity index (χ4n) is 10.3. The molecule has 0 saturated carbocycles. The second kappa shape index (κ2) is 18.3. The van der Waals surface area contributed by atoms with Crippen LogP contribution in [0.1, 0.15) is 0 Å². The molecular formula is C66H46N4O2. The Balaban J connectivity index is 0.853. The summed E-state index contributed by atoms with van der Waals surface area (Å²) < 4.78 is 16.0. The van der Waals surface area contributed by atoms with Crippen molar-refractivity contribution in [2.45, 2.75) is 0 Å². The third-order valence-corrected chi connectivity index (χ3v) is 13.6. The van der Waals surface area contributed by atoms with Gasteiger partial charge in [-0.3, -0.25) is 4.57 Å². The first-order valence-electron chi connectivity index (χ1n) is 24.3. The van der Waals surface area contributed by atoms with Gasteiger partial charge in [-0.15, -0.1) is 0 Å². The molecule has 3 heterocycles. The summed E-state index contributed by atoms with van der Waals surface area (Å²) in [4.78, 5) is 9.81. The molecule has 72 heavy (non-hydrogen) atoms. The van der Waals surface area contributed by atoms with E-state index in [2.05, 4.69) is 245 Å². The van der Waals surface area contributed by atoms with Crippen LogP contribution < -0.4 is 19.3 Å². The van der Waals surface area contributed by atoms with Gasteiger partial charge in [0.25, 0.3) is 0 Å². The van der Waals surface area contributed by atoms with Crippen molar-refractivity contribution in [1.82, 2.24) is 9.55 Å². The van der Waals surface area contributed by atoms with E-state index in [-0.39, 0.29) is 0 Å². The Morgan fingerprint density at radius 1 is 0.347 bits per heavy atom. The average Bonchev–Trinajstić information content (AvgIpc) is 4.00. The predicted molar refractivity (Wildman–Crippen MR) is 295 cm³/mol. The number of benzene rings is 10. The number of fused-ring (bicyclic) bond motifs is 4. The van der Waals surface area contributed by atoms with Gasteiger partial charge in [0, 0.05) is 63.1 Å². The van der Waals surface area contributed by atoms with Crippen molar-refractivity contribution < 1.29 is 9.47 Å². The van der Waals surface area contributed by atoms with Gasteiger partial charge >= 0.3 is 0 Å². The summed E-state index contributed by atoms with van der Waals surface area (Å²) in [5.41, 5.74) is 15.3. The first-order chi connectivity index (χ1) is 35.7. The highest BCUT2D eigenvalue weighted by atomic mass is 16.5. The maximum Gasteiger partial charge on any atom is 0.143 e. The van der Waals surface area contributed by atoms with Gasteiger partial charge in [0.15, 0.2) is 0 Å². The fourth-order valence-corrected chi connectivity index (χ4v) is 10.3. The predicted octanol–water partition coefficient (Wildman–Crippen LogP) is 17.7. The van der Waals surface area contributed by atoms with Gasteiger partial charge in [-0.05, 0) is 70.8 Å². The Hall–Kier alpha value is -9.65. The van der Waals surface area contributed by atoms with Crippen LogP contribution in [0.25, 0.3) is 72.1 Å². The minimum Gasteiger partial charge on any atom is -0.457 e. The maximum atomic E-state index is 6.99. The zero-order valence-corrected chi connectivity index (χ0v) is 39.2. The molecule has 1 aliphatic rings. The molecule has 0 amide bonds. The molecule has 6 nitrogen and oxygen atoms in total. The molecule has 0 spiro atoms. The monoisotopic (exact) mass is 926 g/mol. The minimum atomic E-state index is 0.611. The molecule has 10 aromatic carbocycles. The Bertz CT molecular complexity index is 3800. The topological polar surface area (TPSA) is 42.8 Å². The molecular weight excluding hydrogens is 881 g/mol. The zero-order chi connectivity index (χ0) is 47.8. The van der Waals surface area contributed by atoms with Crippen molar-refractivity contribution >= 4 is 44.6 Å². The molecule has 0 saturated heterocycles. The third-order valence-electron chi connectivity index (χ3n) is 13.6. The molecule has 342 valence electrons. The molecule has 12 aromatic rings. The van der Waals surface area contributed by atoms with Gasteiger partial charge < -0.3 is 19.3 Å². The first kappa shape index (κ1) is 42.5. The summed E-state index contributed by atoms with van der Waals surface area (Å²) in [5, 5.41) is 2.22. The normalized spacial score (nSPS) is 12.1. The van der Waals surface area contributed by atoms with Gasteiger partial charge in [0.2, 0.25) is 0 Å². The van der Waals surface area contributed by atoms with Crippen molar-refractivity contribution in [3.63, 3.8) is 0 Å². The van der Waals surface area contributed by atoms with Crippen LogP contribution in [0.5, 0.6) is 23.0 Å². The smallest absolute Gasteiger partial charge is 0.143 e. The number of anilines is 4. The van der Waals surface area contributed by atoms with Gasteiger partial charge in [-0.1, -0.05) is 194 Å². The molecule has 0 fully saturated rings. The van der Waals surface area contributed by atoms with Crippen LogP contribution >= 0.6 is 0 Å². The lowest BCUT2D eigenvalue weighted by Crippen LogP contribution is -2.24. The highest BCUT2D eigenvalue weighted by Gasteiger charge is 2.31. The van der Waals surface area contributed by atoms with E-state index in [0.717, 1.165) is 78.4 Å².